The van der Waals surface area contributed by atoms with Crippen LogP contribution in [0.15, 0.2) is 0 Å². The maximum atomic E-state index is 10.4. The van der Waals surface area contributed by atoms with Crippen LogP contribution in [0.3, 0.4) is 0 Å². The summed E-state index contributed by atoms with van der Waals surface area (Å²) in [6.07, 6.45) is 5.82. The number of nitrogens with zero attached hydrogens (tertiary/aromatic N) is 2. The van der Waals surface area contributed by atoms with Gasteiger partial charge in [-0.15, -0.1) is 0 Å². The van der Waals surface area contributed by atoms with Gasteiger partial charge in [0.25, 0.3) is 0 Å². The van der Waals surface area contributed by atoms with E-state index in [4.69, 9.17) is 0 Å². The van der Waals surface area contributed by atoms with Crippen LogP contribution >= 0.6 is 0 Å². The zero-order valence-corrected chi connectivity index (χ0v) is 14.8. The van der Waals surface area contributed by atoms with Crippen LogP contribution in [0, 0.1) is 17.3 Å². The molecule has 0 aromatic rings. The topological polar surface area (TPSA) is 26.7 Å². The minimum Gasteiger partial charge on any atom is -0.391 e. The van der Waals surface area contributed by atoms with Gasteiger partial charge in [-0.1, -0.05) is 20.8 Å². The van der Waals surface area contributed by atoms with Crippen molar-refractivity contribution in [3.8, 4) is 0 Å². The number of aliphatic hydroxyl groups is 1. The molecule has 1 aliphatic heterocycles. The van der Waals surface area contributed by atoms with Crippen molar-refractivity contribution >= 4 is 0 Å². The van der Waals surface area contributed by atoms with Crippen molar-refractivity contribution in [2.45, 2.75) is 65.0 Å². The molecule has 1 N–H and O–H groups in total. The molecule has 3 nitrogen and oxygen atoms in total. The molecule has 0 aromatic heterocycles. The number of aliphatic hydroxyl groups excluding tert-OH is 1. The fraction of sp³-hybridized carbons (Fsp3) is 1.00. The zero-order chi connectivity index (χ0) is 15.6. The third-order valence-electron chi connectivity index (χ3n) is 5.96. The molecular formula is C18H36N2O. The highest BCUT2D eigenvalue weighted by Gasteiger charge is 2.37. The highest BCUT2D eigenvalue weighted by molar-refractivity contribution is 4.90. The van der Waals surface area contributed by atoms with Gasteiger partial charge in [0.15, 0.2) is 0 Å². The first kappa shape index (κ1) is 17.2. The molecule has 1 saturated heterocycles. The average Bonchev–Trinajstić information content (AvgIpc) is 2.40. The Morgan fingerprint density at radius 2 is 1.71 bits per heavy atom. The van der Waals surface area contributed by atoms with E-state index < -0.39 is 0 Å². The molecule has 3 heteroatoms. The smallest absolute Gasteiger partial charge is 0.0695 e. The predicted octanol–water partition coefficient (Wildman–Crippen LogP) is 2.84. The summed E-state index contributed by atoms with van der Waals surface area (Å²) in [5.41, 5.74) is 0.368. The Balaban J connectivity index is 1.89. The van der Waals surface area contributed by atoms with E-state index in [2.05, 4.69) is 44.7 Å². The first-order valence-electron chi connectivity index (χ1n) is 8.84. The summed E-state index contributed by atoms with van der Waals surface area (Å²) in [6, 6.07) is 0.364. The van der Waals surface area contributed by atoms with Crippen LogP contribution < -0.4 is 0 Å². The van der Waals surface area contributed by atoms with Crippen molar-refractivity contribution in [2.75, 3.05) is 33.7 Å². The molecule has 1 heterocycles. The molecule has 0 aromatic carbocycles. The second kappa shape index (κ2) is 6.97. The Morgan fingerprint density at radius 3 is 2.29 bits per heavy atom. The van der Waals surface area contributed by atoms with E-state index in [9.17, 15) is 5.11 Å². The van der Waals surface area contributed by atoms with Crippen LogP contribution in [0.4, 0.5) is 0 Å². The van der Waals surface area contributed by atoms with Crippen LogP contribution in [0.2, 0.25) is 0 Å². The van der Waals surface area contributed by atoms with Gasteiger partial charge in [0.1, 0.15) is 0 Å². The maximum absolute atomic E-state index is 10.4. The Bertz CT molecular complexity index is 318. The van der Waals surface area contributed by atoms with E-state index >= 15 is 0 Å². The average molecular weight is 296 g/mol. The second-order valence-electron chi connectivity index (χ2n) is 8.70. The molecular weight excluding hydrogens is 260 g/mol. The summed E-state index contributed by atoms with van der Waals surface area (Å²) < 4.78 is 0. The normalized spacial score (nSPS) is 33.6. The van der Waals surface area contributed by atoms with Gasteiger partial charge in [-0.05, 0) is 76.5 Å². The number of hydrogen-bond donors (Lipinski definition) is 1. The molecule has 2 fully saturated rings. The van der Waals surface area contributed by atoms with Crippen molar-refractivity contribution in [2.24, 2.45) is 17.3 Å². The lowest BCUT2D eigenvalue weighted by Gasteiger charge is -2.44. The van der Waals surface area contributed by atoms with Crippen molar-refractivity contribution in [3.63, 3.8) is 0 Å². The Kier molecular flexibility index (Phi) is 5.72. The predicted molar refractivity (Wildman–Crippen MR) is 89.4 cm³/mol. The van der Waals surface area contributed by atoms with Gasteiger partial charge in [-0.2, -0.15) is 0 Å². The number of piperidine rings is 1. The monoisotopic (exact) mass is 296 g/mol. The molecule has 3 unspecified atom stereocenters. The number of rotatable bonds is 3. The molecule has 124 valence electrons. The molecule has 1 saturated carbocycles. The van der Waals surface area contributed by atoms with Gasteiger partial charge in [0, 0.05) is 12.6 Å². The molecule has 0 amide bonds. The van der Waals surface area contributed by atoms with Crippen LogP contribution in [-0.4, -0.2) is 60.8 Å². The van der Waals surface area contributed by atoms with Gasteiger partial charge in [0.2, 0.25) is 0 Å². The molecule has 1 aliphatic carbocycles. The minimum absolute atomic E-state index is 0.125. The van der Waals surface area contributed by atoms with E-state index in [1.165, 1.54) is 32.4 Å². The summed E-state index contributed by atoms with van der Waals surface area (Å²) in [4.78, 5) is 4.90. The Labute approximate surface area is 131 Å². The Morgan fingerprint density at radius 1 is 1.10 bits per heavy atom. The van der Waals surface area contributed by atoms with Crippen molar-refractivity contribution in [1.82, 2.24) is 9.80 Å². The molecule has 2 rings (SSSR count). The van der Waals surface area contributed by atoms with Crippen LogP contribution in [0.25, 0.3) is 0 Å². The van der Waals surface area contributed by atoms with E-state index in [0.29, 0.717) is 11.5 Å². The van der Waals surface area contributed by atoms with E-state index in [1.807, 2.05) is 0 Å². The first-order valence-corrected chi connectivity index (χ1v) is 8.84. The lowest BCUT2D eigenvalue weighted by Crippen LogP contribution is -2.49. The lowest BCUT2D eigenvalue weighted by molar-refractivity contribution is -0.0148. The SMILES string of the molecule is CN1CCC(CN(C)C2CC(C(C)(C)C)CCC2O)CC1. The van der Waals surface area contributed by atoms with Crippen LogP contribution in [0.5, 0.6) is 0 Å². The summed E-state index contributed by atoms with van der Waals surface area (Å²) in [7, 11) is 4.45. The van der Waals surface area contributed by atoms with Gasteiger partial charge in [-0.3, -0.25) is 0 Å². The van der Waals surface area contributed by atoms with Gasteiger partial charge >= 0.3 is 0 Å². The van der Waals surface area contributed by atoms with E-state index in [0.717, 1.165) is 31.2 Å². The van der Waals surface area contributed by atoms with Crippen molar-refractivity contribution in [3.05, 3.63) is 0 Å². The molecule has 3 atom stereocenters. The number of likely N-dealkylation sites (tertiary alicyclic amines) is 1. The summed E-state index contributed by atoms with van der Waals surface area (Å²) >= 11 is 0. The van der Waals surface area contributed by atoms with Crippen LogP contribution in [0.1, 0.15) is 52.9 Å². The number of likely N-dealkylation sites (N-methyl/N-ethyl adjacent to an activating group) is 1. The lowest BCUT2D eigenvalue weighted by atomic mass is 9.70. The van der Waals surface area contributed by atoms with E-state index in [-0.39, 0.29) is 6.10 Å². The fourth-order valence-corrected chi connectivity index (χ4v) is 4.18. The standard InChI is InChI=1S/C18H36N2O/c1-18(2,3)15-6-7-17(21)16(12-15)20(5)13-14-8-10-19(4)11-9-14/h14-17,21H,6-13H2,1-5H3. The van der Waals surface area contributed by atoms with E-state index in [1.54, 1.807) is 0 Å². The molecule has 21 heavy (non-hydrogen) atoms. The largest absolute Gasteiger partial charge is 0.391 e. The van der Waals surface area contributed by atoms with Crippen molar-refractivity contribution < 1.29 is 5.11 Å². The first-order chi connectivity index (χ1) is 9.77. The third kappa shape index (κ3) is 4.67. The van der Waals surface area contributed by atoms with Gasteiger partial charge < -0.3 is 14.9 Å². The summed E-state index contributed by atoms with van der Waals surface area (Å²) in [5, 5.41) is 10.4. The van der Waals surface area contributed by atoms with Crippen molar-refractivity contribution in [1.29, 1.82) is 0 Å². The fourth-order valence-electron chi connectivity index (χ4n) is 4.18. The van der Waals surface area contributed by atoms with Crippen LogP contribution in [-0.2, 0) is 0 Å². The van der Waals surface area contributed by atoms with Gasteiger partial charge in [-0.25, -0.2) is 0 Å². The molecule has 0 radical (unpaired) electrons. The quantitative estimate of drug-likeness (QED) is 0.867. The third-order valence-corrected chi connectivity index (χ3v) is 5.96. The number of hydrogen-bond acceptors (Lipinski definition) is 3. The second-order valence-corrected chi connectivity index (χ2v) is 8.70. The zero-order valence-electron chi connectivity index (χ0n) is 14.8. The summed E-state index contributed by atoms with van der Waals surface area (Å²) in [5.74, 6) is 1.55. The molecule has 0 bridgehead atoms. The Hall–Kier alpha value is -0.120. The molecule has 2 aliphatic rings. The minimum atomic E-state index is -0.125. The maximum Gasteiger partial charge on any atom is 0.0695 e. The summed E-state index contributed by atoms with van der Waals surface area (Å²) in [6.45, 7) is 10.7. The highest BCUT2D eigenvalue weighted by Crippen LogP contribution is 2.39. The van der Waals surface area contributed by atoms with Gasteiger partial charge in [0.05, 0.1) is 6.10 Å². The highest BCUT2D eigenvalue weighted by atomic mass is 16.3. The molecule has 0 spiro atoms.